The molecule has 1 atom stereocenters. The fraction of sp³-hybridized carbons (Fsp3) is 0.357. The smallest absolute Gasteiger partial charge is 0.317 e. The molecular formula is C14H18N2O5. The summed E-state index contributed by atoms with van der Waals surface area (Å²) in [5, 5.41) is 22.3. The van der Waals surface area contributed by atoms with Crippen molar-refractivity contribution in [3.8, 4) is 0 Å². The van der Waals surface area contributed by atoms with Gasteiger partial charge in [0, 0.05) is 6.54 Å². The van der Waals surface area contributed by atoms with Crippen LogP contribution in [-0.2, 0) is 20.8 Å². The number of carboxylic acids is 2. The van der Waals surface area contributed by atoms with Gasteiger partial charge in [-0.25, -0.2) is 0 Å². The van der Waals surface area contributed by atoms with Crippen molar-refractivity contribution in [2.24, 2.45) is 0 Å². The Bertz CT molecular complexity index is 489. The molecule has 21 heavy (non-hydrogen) atoms. The molecule has 0 aromatic heterocycles. The van der Waals surface area contributed by atoms with Crippen molar-refractivity contribution in [2.75, 3.05) is 13.1 Å². The van der Waals surface area contributed by atoms with Crippen LogP contribution in [0.25, 0.3) is 0 Å². The van der Waals surface area contributed by atoms with Crippen LogP contribution in [0.2, 0.25) is 0 Å². The summed E-state index contributed by atoms with van der Waals surface area (Å²) in [5.74, 6) is -2.49. The zero-order valence-corrected chi connectivity index (χ0v) is 11.4. The highest BCUT2D eigenvalue weighted by molar-refractivity contribution is 5.83. The fourth-order valence-electron chi connectivity index (χ4n) is 1.73. The molecule has 0 saturated heterocycles. The minimum atomic E-state index is -1.06. The van der Waals surface area contributed by atoms with Gasteiger partial charge < -0.3 is 15.5 Å². The Labute approximate surface area is 122 Å². The third-order valence-corrected chi connectivity index (χ3v) is 2.74. The number of carboxylic acid groups (broad SMARTS) is 2. The maximum atomic E-state index is 12.0. The van der Waals surface area contributed by atoms with Crippen LogP contribution >= 0.6 is 0 Å². The van der Waals surface area contributed by atoms with E-state index in [1.165, 1.54) is 0 Å². The third kappa shape index (κ3) is 7.07. The first-order chi connectivity index (χ1) is 9.99. The van der Waals surface area contributed by atoms with E-state index in [0.717, 1.165) is 5.56 Å². The third-order valence-electron chi connectivity index (χ3n) is 2.74. The standard InChI is InChI=1S/C14H18N2O5/c17-12(18)6-7-15-14(21)11(16-9-13(19)20)8-10-4-2-1-3-5-10/h1-5,11,16H,6-9H2,(H,15,21)(H,17,18)(H,19,20)/t11-/m0/s1. The maximum absolute atomic E-state index is 12.0. The molecule has 0 saturated carbocycles. The van der Waals surface area contributed by atoms with Gasteiger partial charge in [-0.2, -0.15) is 0 Å². The Balaban J connectivity index is 2.60. The summed E-state index contributed by atoms with van der Waals surface area (Å²) in [6, 6.07) is 8.44. The number of hydrogen-bond acceptors (Lipinski definition) is 4. The minimum absolute atomic E-state index is 0.00814. The second kappa shape index (κ2) is 8.70. The summed E-state index contributed by atoms with van der Waals surface area (Å²) in [6.07, 6.45) is 0.149. The van der Waals surface area contributed by atoms with E-state index in [1.54, 1.807) is 0 Å². The number of amides is 1. The lowest BCUT2D eigenvalue weighted by Gasteiger charge is -2.17. The Morgan fingerprint density at radius 1 is 1.05 bits per heavy atom. The van der Waals surface area contributed by atoms with Crippen molar-refractivity contribution in [3.05, 3.63) is 35.9 Å². The van der Waals surface area contributed by atoms with Gasteiger partial charge in [0.15, 0.2) is 0 Å². The zero-order valence-electron chi connectivity index (χ0n) is 11.4. The van der Waals surface area contributed by atoms with Crippen LogP contribution in [-0.4, -0.2) is 47.2 Å². The van der Waals surface area contributed by atoms with Crippen LogP contribution in [0.3, 0.4) is 0 Å². The molecule has 4 N–H and O–H groups in total. The van der Waals surface area contributed by atoms with Gasteiger partial charge in [0.25, 0.3) is 0 Å². The largest absolute Gasteiger partial charge is 0.481 e. The molecule has 0 radical (unpaired) electrons. The van der Waals surface area contributed by atoms with E-state index in [2.05, 4.69) is 10.6 Å². The summed E-state index contributed by atoms with van der Waals surface area (Å²) in [6.45, 7) is -0.335. The first-order valence-electron chi connectivity index (χ1n) is 6.47. The number of hydrogen-bond donors (Lipinski definition) is 4. The highest BCUT2D eigenvalue weighted by Crippen LogP contribution is 2.03. The van der Waals surface area contributed by atoms with E-state index in [1.807, 2.05) is 30.3 Å². The molecule has 1 amide bonds. The van der Waals surface area contributed by atoms with Gasteiger partial charge in [0.05, 0.1) is 19.0 Å². The predicted molar refractivity (Wildman–Crippen MR) is 74.8 cm³/mol. The molecule has 0 aliphatic heterocycles. The van der Waals surface area contributed by atoms with Crippen molar-refractivity contribution in [1.29, 1.82) is 0 Å². The number of aliphatic carboxylic acids is 2. The Morgan fingerprint density at radius 2 is 1.71 bits per heavy atom. The van der Waals surface area contributed by atoms with Gasteiger partial charge in [-0.1, -0.05) is 30.3 Å². The molecule has 0 bridgehead atoms. The first-order valence-corrected chi connectivity index (χ1v) is 6.47. The minimum Gasteiger partial charge on any atom is -0.481 e. The fourth-order valence-corrected chi connectivity index (χ4v) is 1.73. The van der Waals surface area contributed by atoms with Crippen LogP contribution in [0, 0.1) is 0 Å². The van der Waals surface area contributed by atoms with E-state index in [0.29, 0.717) is 6.42 Å². The van der Waals surface area contributed by atoms with E-state index >= 15 is 0 Å². The molecule has 0 fully saturated rings. The highest BCUT2D eigenvalue weighted by Gasteiger charge is 2.19. The topological polar surface area (TPSA) is 116 Å². The molecule has 0 aliphatic carbocycles. The van der Waals surface area contributed by atoms with Crippen LogP contribution in [0.1, 0.15) is 12.0 Å². The van der Waals surface area contributed by atoms with Gasteiger partial charge in [0.2, 0.25) is 5.91 Å². The van der Waals surface area contributed by atoms with Crippen LogP contribution < -0.4 is 10.6 Å². The van der Waals surface area contributed by atoms with Crippen molar-refractivity contribution in [3.63, 3.8) is 0 Å². The molecule has 1 aromatic carbocycles. The summed E-state index contributed by atoms with van der Waals surface area (Å²) in [7, 11) is 0. The van der Waals surface area contributed by atoms with E-state index in [4.69, 9.17) is 10.2 Å². The number of carbonyl (C=O) groups is 3. The van der Waals surface area contributed by atoms with Crippen molar-refractivity contribution >= 4 is 17.8 Å². The summed E-state index contributed by atoms with van der Waals surface area (Å²) in [4.78, 5) is 33.0. The molecule has 0 aliphatic rings. The Kier molecular flexibility index (Phi) is 6.90. The lowest BCUT2D eigenvalue weighted by Crippen LogP contribution is -2.47. The molecule has 0 heterocycles. The molecular weight excluding hydrogens is 276 g/mol. The van der Waals surface area contributed by atoms with E-state index in [9.17, 15) is 14.4 Å². The second-order valence-corrected chi connectivity index (χ2v) is 4.45. The number of carbonyl (C=O) groups excluding carboxylic acids is 1. The van der Waals surface area contributed by atoms with Crippen molar-refractivity contribution < 1.29 is 24.6 Å². The Morgan fingerprint density at radius 3 is 2.29 bits per heavy atom. The van der Waals surface area contributed by atoms with Gasteiger partial charge in [-0.05, 0) is 12.0 Å². The Hall–Kier alpha value is -2.41. The van der Waals surface area contributed by atoms with Crippen LogP contribution in [0.15, 0.2) is 30.3 Å². The average Bonchev–Trinajstić information content (AvgIpc) is 2.43. The van der Waals surface area contributed by atoms with E-state index in [-0.39, 0.29) is 19.5 Å². The first kappa shape index (κ1) is 16.6. The highest BCUT2D eigenvalue weighted by atomic mass is 16.4. The lowest BCUT2D eigenvalue weighted by molar-refractivity contribution is -0.137. The van der Waals surface area contributed by atoms with Crippen LogP contribution in [0.4, 0.5) is 0 Å². The molecule has 1 rings (SSSR count). The molecule has 1 aromatic rings. The molecule has 0 spiro atoms. The lowest BCUT2D eigenvalue weighted by atomic mass is 10.1. The summed E-state index contributed by atoms with van der Waals surface area (Å²) in [5.41, 5.74) is 0.883. The van der Waals surface area contributed by atoms with E-state index < -0.39 is 23.9 Å². The molecule has 7 heteroatoms. The summed E-state index contributed by atoms with van der Waals surface area (Å²) >= 11 is 0. The molecule has 0 unspecified atom stereocenters. The van der Waals surface area contributed by atoms with Gasteiger partial charge in [-0.15, -0.1) is 0 Å². The summed E-state index contributed by atoms with van der Waals surface area (Å²) < 4.78 is 0. The van der Waals surface area contributed by atoms with Gasteiger partial charge >= 0.3 is 11.9 Å². The predicted octanol–water partition coefficient (Wildman–Crippen LogP) is -0.137. The van der Waals surface area contributed by atoms with Gasteiger partial charge in [-0.3, -0.25) is 19.7 Å². The molecule has 7 nitrogen and oxygen atoms in total. The quantitative estimate of drug-likeness (QED) is 0.504. The molecule has 114 valence electrons. The number of nitrogens with one attached hydrogen (secondary N) is 2. The van der Waals surface area contributed by atoms with Crippen LogP contribution in [0.5, 0.6) is 0 Å². The number of benzene rings is 1. The monoisotopic (exact) mass is 294 g/mol. The average molecular weight is 294 g/mol. The van der Waals surface area contributed by atoms with Crippen molar-refractivity contribution in [1.82, 2.24) is 10.6 Å². The SMILES string of the molecule is O=C(O)CCNC(=O)[C@H](Cc1ccccc1)NCC(=O)O. The maximum Gasteiger partial charge on any atom is 0.317 e. The second-order valence-electron chi connectivity index (χ2n) is 4.45. The zero-order chi connectivity index (χ0) is 15.7. The van der Waals surface area contributed by atoms with Gasteiger partial charge in [0.1, 0.15) is 0 Å². The van der Waals surface area contributed by atoms with Crippen molar-refractivity contribution in [2.45, 2.75) is 18.9 Å². The normalized spacial score (nSPS) is 11.6. The number of rotatable bonds is 9.